The number of halogens is 3. The second kappa shape index (κ2) is 7.69. The monoisotopic (exact) mass is 441 g/mol. The Bertz CT molecular complexity index is 832. The van der Waals surface area contributed by atoms with Gasteiger partial charge in [0.05, 0.1) is 16.8 Å². The standard InChI is InChI=1S/C22H31BF3NO4/c1-19(2,3)29-18(28)27-11-10-14(13-27)16-9-8-15(12-17(16)22(24,25)26)23-30-20(4,5)21(6,7)31-23/h8-9,12,14H,10-11,13H2,1-7H3. The molecule has 0 saturated carbocycles. The number of benzene rings is 1. The molecule has 2 aliphatic rings. The summed E-state index contributed by atoms with van der Waals surface area (Å²) < 4.78 is 59.1. The van der Waals surface area contributed by atoms with Gasteiger partial charge in [-0.2, -0.15) is 13.2 Å². The highest BCUT2D eigenvalue weighted by Crippen LogP contribution is 2.40. The third kappa shape index (κ3) is 5.03. The minimum Gasteiger partial charge on any atom is -0.444 e. The maximum absolute atomic E-state index is 14.0. The van der Waals surface area contributed by atoms with Crippen LogP contribution in [0.2, 0.25) is 0 Å². The van der Waals surface area contributed by atoms with Crippen LogP contribution in [0.15, 0.2) is 18.2 Å². The number of ether oxygens (including phenoxy) is 1. The third-order valence-electron chi connectivity index (χ3n) is 6.19. The topological polar surface area (TPSA) is 48.0 Å². The van der Waals surface area contributed by atoms with Gasteiger partial charge in [0.25, 0.3) is 0 Å². The van der Waals surface area contributed by atoms with Crippen molar-refractivity contribution in [1.29, 1.82) is 0 Å². The first kappa shape index (κ1) is 23.9. The molecule has 172 valence electrons. The van der Waals surface area contributed by atoms with E-state index in [9.17, 15) is 18.0 Å². The van der Waals surface area contributed by atoms with E-state index in [1.807, 2.05) is 27.7 Å². The van der Waals surface area contributed by atoms with E-state index in [1.165, 1.54) is 11.0 Å². The number of rotatable bonds is 2. The largest absolute Gasteiger partial charge is 0.494 e. The first-order chi connectivity index (χ1) is 14.0. The summed E-state index contributed by atoms with van der Waals surface area (Å²) in [5.41, 5.74) is -2.15. The average molecular weight is 441 g/mol. The van der Waals surface area contributed by atoms with Crippen molar-refractivity contribution in [2.24, 2.45) is 0 Å². The molecule has 0 N–H and O–H groups in total. The summed E-state index contributed by atoms with van der Waals surface area (Å²) in [5, 5.41) is 0. The van der Waals surface area contributed by atoms with Crippen LogP contribution in [-0.4, -0.2) is 48.0 Å². The Morgan fingerprint density at radius 3 is 2.23 bits per heavy atom. The molecule has 1 aromatic carbocycles. The molecule has 2 saturated heterocycles. The summed E-state index contributed by atoms with van der Waals surface area (Å²) in [7, 11) is -0.873. The molecule has 1 unspecified atom stereocenters. The van der Waals surface area contributed by atoms with Crippen molar-refractivity contribution >= 4 is 18.7 Å². The highest BCUT2D eigenvalue weighted by atomic mass is 19.4. The molecule has 2 heterocycles. The van der Waals surface area contributed by atoms with Crippen LogP contribution < -0.4 is 5.46 Å². The Balaban J connectivity index is 1.85. The lowest BCUT2D eigenvalue weighted by Crippen LogP contribution is -2.41. The molecule has 0 aromatic heterocycles. The van der Waals surface area contributed by atoms with Gasteiger partial charge in [-0.25, -0.2) is 4.79 Å². The number of hydrogen-bond donors (Lipinski definition) is 0. The molecule has 0 spiro atoms. The van der Waals surface area contributed by atoms with Crippen LogP contribution in [0, 0.1) is 0 Å². The molecule has 5 nitrogen and oxygen atoms in total. The van der Waals surface area contributed by atoms with Gasteiger partial charge in [0.1, 0.15) is 5.60 Å². The van der Waals surface area contributed by atoms with Crippen LogP contribution in [0.4, 0.5) is 18.0 Å². The predicted molar refractivity (Wildman–Crippen MR) is 112 cm³/mol. The zero-order valence-electron chi connectivity index (χ0n) is 19.2. The van der Waals surface area contributed by atoms with Gasteiger partial charge < -0.3 is 18.9 Å². The first-order valence-corrected chi connectivity index (χ1v) is 10.5. The van der Waals surface area contributed by atoms with Gasteiger partial charge in [-0.15, -0.1) is 0 Å². The van der Waals surface area contributed by atoms with Gasteiger partial charge in [0.15, 0.2) is 0 Å². The van der Waals surface area contributed by atoms with E-state index in [0.717, 1.165) is 6.07 Å². The Labute approximate surface area is 182 Å². The van der Waals surface area contributed by atoms with E-state index in [4.69, 9.17) is 14.0 Å². The summed E-state index contributed by atoms with van der Waals surface area (Å²) >= 11 is 0. The molecule has 9 heteroatoms. The van der Waals surface area contributed by atoms with Crippen molar-refractivity contribution in [3.8, 4) is 0 Å². The summed E-state index contributed by atoms with van der Waals surface area (Å²) in [6.07, 6.45) is -4.59. The molecular formula is C22H31BF3NO4. The smallest absolute Gasteiger partial charge is 0.444 e. The van der Waals surface area contributed by atoms with Crippen molar-refractivity contribution in [2.75, 3.05) is 13.1 Å². The Morgan fingerprint density at radius 2 is 1.71 bits per heavy atom. The van der Waals surface area contributed by atoms with Crippen molar-refractivity contribution in [3.63, 3.8) is 0 Å². The molecule has 31 heavy (non-hydrogen) atoms. The van der Waals surface area contributed by atoms with Gasteiger partial charge in [-0.05, 0) is 72.0 Å². The summed E-state index contributed by atoms with van der Waals surface area (Å²) in [6, 6.07) is 4.24. The number of hydrogen-bond acceptors (Lipinski definition) is 4. The second-order valence-corrected chi connectivity index (χ2v) is 10.3. The SMILES string of the molecule is CC(C)(C)OC(=O)N1CCC(c2ccc(B3OC(C)(C)C(C)(C)O3)cc2C(F)(F)F)C1. The number of nitrogens with zero attached hydrogens (tertiary/aromatic N) is 1. The Morgan fingerprint density at radius 1 is 1.13 bits per heavy atom. The second-order valence-electron chi connectivity index (χ2n) is 10.3. The number of carbonyl (C=O) groups excluding carboxylic acids is 1. The lowest BCUT2D eigenvalue weighted by atomic mass is 9.76. The van der Waals surface area contributed by atoms with Crippen molar-refractivity contribution in [3.05, 3.63) is 29.3 Å². The fourth-order valence-electron chi connectivity index (χ4n) is 3.81. The molecule has 2 fully saturated rings. The molecule has 2 aliphatic heterocycles. The maximum atomic E-state index is 14.0. The van der Waals surface area contributed by atoms with E-state index in [2.05, 4.69) is 0 Å². The van der Waals surface area contributed by atoms with Gasteiger partial charge in [0, 0.05) is 19.0 Å². The van der Waals surface area contributed by atoms with Gasteiger partial charge in [0.2, 0.25) is 0 Å². The lowest BCUT2D eigenvalue weighted by Gasteiger charge is -2.32. The number of carbonyl (C=O) groups is 1. The maximum Gasteiger partial charge on any atom is 0.494 e. The number of likely N-dealkylation sites (tertiary alicyclic amines) is 1. The Hall–Kier alpha value is -1.74. The van der Waals surface area contributed by atoms with Gasteiger partial charge >= 0.3 is 19.4 Å². The van der Waals surface area contributed by atoms with E-state index in [-0.39, 0.29) is 12.1 Å². The first-order valence-electron chi connectivity index (χ1n) is 10.5. The van der Waals surface area contributed by atoms with E-state index in [1.54, 1.807) is 26.8 Å². The molecule has 1 aromatic rings. The zero-order valence-corrected chi connectivity index (χ0v) is 19.2. The average Bonchev–Trinajstić information content (AvgIpc) is 3.15. The summed E-state index contributed by atoms with van der Waals surface area (Å²) in [6.45, 7) is 13.2. The van der Waals surface area contributed by atoms with Crippen LogP contribution in [0.1, 0.15) is 71.9 Å². The van der Waals surface area contributed by atoms with Crippen LogP contribution in [0.5, 0.6) is 0 Å². The van der Waals surface area contributed by atoms with Gasteiger partial charge in [-0.3, -0.25) is 0 Å². The van der Waals surface area contributed by atoms with Crippen LogP contribution >= 0.6 is 0 Å². The fourth-order valence-corrected chi connectivity index (χ4v) is 3.81. The van der Waals surface area contributed by atoms with E-state index in [0.29, 0.717) is 18.4 Å². The van der Waals surface area contributed by atoms with Crippen molar-refractivity contribution < 1.29 is 32.0 Å². The number of alkyl halides is 3. The molecular weight excluding hydrogens is 410 g/mol. The lowest BCUT2D eigenvalue weighted by molar-refractivity contribution is -0.138. The van der Waals surface area contributed by atoms with Crippen LogP contribution in [0.25, 0.3) is 0 Å². The zero-order chi connectivity index (χ0) is 23.4. The minimum absolute atomic E-state index is 0.179. The molecule has 0 bridgehead atoms. The Kier molecular flexibility index (Phi) is 5.93. The quantitative estimate of drug-likeness (QED) is 0.623. The third-order valence-corrected chi connectivity index (χ3v) is 6.19. The highest BCUT2D eigenvalue weighted by molar-refractivity contribution is 6.62. The van der Waals surface area contributed by atoms with Gasteiger partial charge in [-0.1, -0.05) is 12.1 Å². The summed E-state index contributed by atoms with van der Waals surface area (Å²) in [4.78, 5) is 13.8. The van der Waals surface area contributed by atoms with Crippen LogP contribution in [0.3, 0.4) is 0 Å². The summed E-state index contributed by atoms with van der Waals surface area (Å²) in [5.74, 6) is -0.420. The highest BCUT2D eigenvalue weighted by Gasteiger charge is 2.52. The molecule has 3 rings (SSSR count). The molecule has 0 radical (unpaired) electrons. The molecule has 1 amide bonds. The van der Waals surface area contributed by atoms with E-state index >= 15 is 0 Å². The van der Waals surface area contributed by atoms with Crippen molar-refractivity contribution in [1.82, 2.24) is 4.90 Å². The molecule has 1 atom stereocenters. The normalized spacial score (nSPS) is 23.4. The van der Waals surface area contributed by atoms with Crippen LogP contribution in [-0.2, 0) is 20.2 Å². The number of amides is 1. The predicted octanol–water partition coefficient (Wildman–Crippen LogP) is 4.73. The molecule has 0 aliphatic carbocycles. The fraction of sp³-hybridized carbons (Fsp3) is 0.682. The minimum atomic E-state index is -4.53. The van der Waals surface area contributed by atoms with E-state index < -0.39 is 47.7 Å². The van der Waals surface area contributed by atoms with Crippen molar-refractivity contribution in [2.45, 2.75) is 83.8 Å².